The zero-order valence-electron chi connectivity index (χ0n) is 16.7. The van der Waals surface area contributed by atoms with E-state index in [4.69, 9.17) is 0 Å². The zero-order valence-corrected chi connectivity index (χ0v) is 19.1. The standard InChI is InChI=1S/C21H26BrN3O3S/c1-15-6-9-19(18(22)12-15)24-21(26)14-23-17-8-7-16(2)20(13-17)29(27,28)25-10-4-3-5-11-25/h6-9,12-13,23H,3-5,10-11,14H2,1-2H3,(H,24,26). The first kappa shape index (κ1) is 21.8. The summed E-state index contributed by atoms with van der Waals surface area (Å²) in [7, 11) is -3.53. The molecule has 0 unspecified atom stereocenters. The molecule has 29 heavy (non-hydrogen) atoms. The second kappa shape index (κ2) is 9.28. The molecule has 0 spiro atoms. The summed E-state index contributed by atoms with van der Waals surface area (Å²) in [4.78, 5) is 12.6. The fourth-order valence-electron chi connectivity index (χ4n) is 3.33. The van der Waals surface area contributed by atoms with E-state index >= 15 is 0 Å². The van der Waals surface area contributed by atoms with Crippen molar-refractivity contribution < 1.29 is 13.2 Å². The van der Waals surface area contributed by atoms with Crippen LogP contribution in [0, 0.1) is 13.8 Å². The van der Waals surface area contributed by atoms with Crippen LogP contribution in [0.1, 0.15) is 30.4 Å². The Morgan fingerprint density at radius 1 is 1.07 bits per heavy atom. The van der Waals surface area contributed by atoms with Crippen molar-refractivity contribution in [2.75, 3.05) is 30.3 Å². The normalized spacial score (nSPS) is 15.1. The average molecular weight is 480 g/mol. The number of piperidine rings is 1. The van der Waals surface area contributed by atoms with Crippen molar-refractivity contribution in [3.8, 4) is 0 Å². The van der Waals surface area contributed by atoms with Gasteiger partial charge in [0.05, 0.1) is 17.1 Å². The molecule has 1 saturated heterocycles. The van der Waals surface area contributed by atoms with Crippen LogP contribution in [-0.2, 0) is 14.8 Å². The van der Waals surface area contributed by atoms with Crippen molar-refractivity contribution in [2.24, 2.45) is 0 Å². The minimum absolute atomic E-state index is 0.0343. The summed E-state index contributed by atoms with van der Waals surface area (Å²) in [6.45, 7) is 4.93. The molecule has 156 valence electrons. The third kappa shape index (κ3) is 5.38. The van der Waals surface area contributed by atoms with E-state index in [-0.39, 0.29) is 12.5 Å². The molecule has 1 aliphatic heterocycles. The third-order valence-electron chi connectivity index (χ3n) is 4.97. The molecule has 2 aromatic rings. The van der Waals surface area contributed by atoms with Crippen LogP contribution in [-0.4, -0.2) is 38.3 Å². The number of rotatable bonds is 6. The van der Waals surface area contributed by atoms with Gasteiger partial charge >= 0.3 is 0 Å². The summed E-state index contributed by atoms with van der Waals surface area (Å²) in [6, 6.07) is 10.9. The fraction of sp³-hybridized carbons (Fsp3) is 0.381. The van der Waals surface area contributed by atoms with Crippen LogP contribution in [0.3, 0.4) is 0 Å². The van der Waals surface area contributed by atoms with Crippen LogP contribution in [0.4, 0.5) is 11.4 Å². The Morgan fingerprint density at radius 3 is 2.48 bits per heavy atom. The number of nitrogens with one attached hydrogen (secondary N) is 2. The number of carbonyl (C=O) groups excluding carboxylic acids is 1. The summed E-state index contributed by atoms with van der Waals surface area (Å²) >= 11 is 3.44. The molecule has 0 bridgehead atoms. The Hall–Kier alpha value is -1.90. The number of halogens is 1. The smallest absolute Gasteiger partial charge is 0.243 e. The van der Waals surface area contributed by atoms with Crippen LogP contribution in [0.25, 0.3) is 0 Å². The Balaban J connectivity index is 1.68. The van der Waals surface area contributed by atoms with Crippen LogP contribution in [0.5, 0.6) is 0 Å². The summed E-state index contributed by atoms with van der Waals surface area (Å²) < 4.78 is 28.4. The largest absolute Gasteiger partial charge is 0.376 e. The number of nitrogens with zero attached hydrogens (tertiary/aromatic N) is 1. The molecule has 1 amide bonds. The van der Waals surface area contributed by atoms with E-state index in [1.807, 2.05) is 25.1 Å². The Bertz CT molecular complexity index is 1000. The van der Waals surface area contributed by atoms with E-state index in [2.05, 4.69) is 26.6 Å². The highest BCUT2D eigenvalue weighted by Crippen LogP contribution is 2.26. The van der Waals surface area contributed by atoms with E-state index in [0.29, 0.717) is 34.9 Å². The molecule has 1 heterocycles. The van der Waals surface area contributed by atoms with E-state index in [1.165, 1.54) is 0 Å². The van der Waals surface area contributed by atoms with E-state index in [9.17, 15) is 13.2 Å². The van der Waals surface area contributed by atoms with Crippen LogP contribution < -0.4 is 10.6 Å². The van der Waals surface area contributed by atoms with Gasteiger partial charge in [-0.15, -0.1) is 0 Å². The first-order valence-electron chi connectivity index (χ1n) is 9.68. The predicted molar refractivity (Wildman–Crippen MR) is 120 cm³/mol. The van der Waals surface area contributed by atoms with Gasteiger partial charge in [-0.25, -0.2) is 8.42 Å². The number of benzene rings is 2. The molecule has 0 aromatic heterocycles. The summed E-state index contributed by atoms with van der Waals surface area (Å²) in [5.41, 5.74) is 3.09. The van der Waals surface area contributed by atoms with Gasteiger partial charge in [0, 0.05) is 23.2 Å². The minimum atomic E-state index is -3.53. The maximum Gasteiger partial charge on any atom is 0.243 e. The molecule has 0 aliphatic carbocycles. The lowest BCUT2D eigenvalue weighted by atomic mass is 10.2. The molecule has 0 atom stereocenters. The van der Waals surface area contributed by atoms with Crippen molar-refractivity contribution in [1.29, 1.82) is 0 Å². The summed E-state index contributed by atoms with van der Waals surface area (Å²) in [5, 5.41) is 5.87. The lowest BCUT2D eigenvalue weighted by molar-refractivity contribution is -0.114. The Morgan fingerprint density at radius 2 is 1.79 bits per heavy atom. The van der Waals surface area contributed by atoms with Crippen molar-refractivity contribution in [3.63, 3.8) is 0 Å². The molecule has 6 nitrogen and oxygen atoms in total. The molecule has 1 aliphatic rings. The van der Waals surface area contributed by atoms with Gasteiger partial charge in [-0.2, -0.15) is 4.31 Å². The van der Waals surface area contributed by atoms with E-state index in [1.54, 1.807) is 29.4 Å². The fourth-order valence-corrected chi connectivity index (χ4v) is 5.69. The van der Waals surface area contributed by atoms with Crippen molar-refractivity contribution >= 4 is 43.2 Å². The van der Waals surface area contributed by atoms with E-state index < -0.39 is 10.0 Å². The van der Waals surface area contributed by atoms with Gasteiger partial charge in [-0.1, -0.05) is 18.6 Å². The van der Waals surface area contributed by atoms with Crippen molar-refractivity contribution in [2.45, 2.75) is 38.0 Å². The number of anilines is 2. The topological polar surface area (TPSA) is 78.5 Å². The number of carbonyl (C=O) groups is 1. The van der Waals surface area contributed by atoms with Crippen LogP contribution in [0.15, 0.2) is 45.8 Å². The zero-order chi connectivity index (χ0) is 21.0. The number of hydrogen-bond donors (Lipinski definition) is 2. The van der Waals surface area contributed by atoms with Gasteiger partial charge in [0.1, 0.15) is 0 Å². The Kier molecular flexibility index (Phi) is 6.97. The highest BCUT2D eigenvalue weighted by atomic mass is 79.9. The maximum absolute atomic E-state index is 13.0. The number of sulfonamides is 1. The van der Waals surface area contributed by atoms with Gasteiger partial charge in [0.15, 0.2) is 0 Å². The molecule has 8 heteroatoms. The molecule has 2 N–H and O–H groups in total. The highest BCUT2D eigenvalue weighted by molar-refractivity contribution is 9.10. The number of amides is 1. The first-order chi connectivity index (χ1) is 13.8. The monoisotopic (exact) mass is 479 g/mol. The van der Waals surface area contributed by atoms with E-state index in [0.717, 1.165) is 29.3 Å². The highest BCUT2D eigenvalue weighted by Gasteiger charge is 2.27. The lowest BCUT2D eigenvalue weighted by Gasteiger charge is -2.26. The lowest BCUT2D eigenvalue weighted by Crippen LogP contribution is -2.36. The number of aryl methyl sites for hydroxylation is 2. The second-order valence-electron chi connectivity index (χ2n) is 7.33. The van der Waals surface area contributed by atoms with Gasteiger partial charge < -0.3 is 10.6 Å². The second-order valence-corrected chi connectivity index (χ2v) is 10.1. The maximum atomic E-state index is 13.0. The summed E-state index contributed by atoms with van der Waals surface area (Å²) in [6.07, 6.45) is 2.86. The van der Waals surface area contributed by atoms with Crippen molar-refractivity contribution in [3.05, 3.63) is 52.0 Å². The average Bonchev–Trinajstić information content (AvgIpc) is 2.70. The first-order valence-corrected chi connectivity index (χ1v) is 11.9. The SMILES string of the molecule is Cc1ccc(NC(=O)CNc2ccc(C)c(S(=O)(=O)N3CCCCC3)c2)c(Br)c1. The van der Waals surface area contributed by atoms with Crippen LogP contribution in [0.2, 0.25) is 0 Å². The summed E-state index contributed by atoms with van der Waals surface area (Å²) in [5.74, 6) is -0.212. The molecular weight excluding hydrogens is 454 g/mol. The molecule has 2 aromatic carbocycles. The predicted octanol–water partition coefficient (Wildman–Crippen LogP) is 4.29. The molecular formula is C21H26BrN3O3S. The molecule has 1 fully saturated rings. The minimum Gasteiger partial charge on any atom is -0.376 e. The number of hydrogen-bond acceptors (Lipinski definition) is 4. The van der Waals surface area contributed by atoms with Gasteiger partial charge in [0.2, 0.25) is 15.9 Å². The van der Waals surface area contributed by atoms with Gasteiger partial charge in [0.25, 0.3) is 0 Å². The quantitative estimate of drug-likeness (QED) is 0.647. The van der Waals surface area contributed by atoms with Gasteiger partial charge in [-0.3, -0.25) is 4.79 Å². The third-order valence-corrected chi connectivity index (χ3v) is 7.67. The molecule has 0 saturated carbocycles. The van der Waals surface area contributed by atoms with Crippen molar-refractivity contribution in [1.82, 2.24) is 4.31 Å². The van der Waals surface area contributed by atoms with Gasteiger partial charge in [-0.05, 0) is 78.0 Å². The Labute approximate surface area is 180 Å². The molecule has 3 rings (SSSR count). The molecule has 0 radical (unpaired) electrons. The van der Waals surface area contributed by atoms with Crippen LogP contribution >= 0.6 is 15.9 Å².